The van der Waals surface area contributed by atoms with Crippen LogP contribution in [0.2, 0.25) is 0 Å². The molecular weight excluding hydrogens is 522 g/mol. The monoisotopic (exact) mass is 557 g/mol. The largest absolute Gasteiger partial charge is 0.494 e. The molecule has 8 nitrogen and oxygen atoms in total. The molecule has 38 heavy (non-hydrogen) atoms. The number of nitrogens with zero attached hydrogens (tertiary/aromatic N) is 3. The molecule has 1 atom stereocenters. The van der Waals surface area contributed by atoms with Gasteiger partial charge in [0.15, 0.2) is 5.13 Å². The maximum Gasteiger partial charge on any atom is 0.260 e. The first kappa shape index (κ1) is 27.1. The topological polar surface area (TPSA) is 89.0 Å². The number of carbonyl (C=O) groups excluding carboxylic acids is 1. The Hall–Kier alpha value is -2.53. The number of rotatable bonds is 9. The molecule has 1 aromatic heterocycles. The van der Waals surface area contributed by atoms with Crippen LogP contribution in [0.4, 0.5) is 5.13 Å². The minimum atomic E-state index is -3.63. The van der Waals surface area contributed by atoms with Crippen molar-refractivity contribution in [1.29, 1.82) is 0 Å². The van der Waals surface area contributed by atoms with E-state index in [-0.39, 0.29) is 22.9 Å². The van der Waals surface area contributed by atoms with Gasteiger partial charge in [-0.05, 0) is 75.1 Å². The van der Waals surface area contributed by atoms with Crippen molar-refractivity contribution >= 4 is 42.6 Å². The molecule has 10 heteroatoms. The Morgan fingerprint density at radius 3 is 2.53 bits per heavy atom. The Balaban J connectivity index is 1.40. The number of fused-ring (bicyclic) bond motifs is 1. The average Bonchev–Trinajstić information content (AvgIpc) is 3.61. The van der Waals surface area contributed by atoms with Crippen molar-refractivity contribution in [2.45, 2.75) is 68.9 Å². The summed E-state index contributed by atoms with van der Waals surface area (Å²) in [5.41, 5.74) is 1.21. The van der Waals surface area contributed by atoms with Crippen molar-refractivity contribution in [2.24, 2.45) is 0 Å². The predicted octanol–water partition coefficient (Wildman–Crippen LogP) is 5.47. The van der Waals surface area contributed by atoms with Crippen LogP contribution in [0.5, 0.6) is 5.75 Å². The number of hydrogen-bond donors (Lipinski definition) is 0. The number of amides is 1. The molecule has 0 spiro atoms. The van der Waals surface area contributed by atoms with E-state index in [0.717, 1.165) is 60.9 Å². The lowest BCUT2D eigenvalue weighted by Gasteiger charge is -2.30. The molecule has 204 valence electrons. The van der Waals surface area contributed by atoms with Crippen LogP contribution in [0.3, 0.4) is 0 Å². The van der Waals surface area contributed by atoms with Crippen LogP contribution in [0, 0.1) is 0 Å². The van der Waals surface area contributed by atoms with Gasteiger partial charge in [0.05, 0.1) is 34.4 Å². The summed E-state index contributed by atoms with van der Waals surface area (Å²) in [6, 6.07) is 12.0. The molecule has 2 aromatic carbocycles. The first-order chi connectivity index (χ1) is 18.4. The van der Waals surface area contributed by atoms with E-state index in [1.807, 2.05) is 25.1 Å². The summed E-state index contributed by atoms with van der Waals surface area (Å²) in [5.74, 6) is 0.538. The van der Waals surface area contributed by atoms with Crippen molar-refractivity contribution in [3.05, 3.63) is 48.0 Å². The highest BCUT2D eigenvalue weighted by atomic mass is 32.2. The van der Waals surface area contributed by atoms with E-state index in [1.165, 1.54) is 15.6 Å². The van der Waals surface area contributed by atoms with E-state index in [1.54, 1.807) is 36.2 Å². The molecule has 2 fully saturated rings. The van der Waals surface area contributed by atoms with Gasteiger partial charge in [0.1, 0.15) is 5.75 Å². The molecule has 1 saturated heterocycles. The lowest BCUT2D eigenvalue weighted by Crippen LogP contribution is -2.38. The van der Waals surface area contributed by atoms with Crippen molar-refractivity contribution < 1.29 is 22.7 Å². The van der Waals surface area contributed by atoms with Gasteiger partial charge in [0.2, 0.25) is 10.0 Å². The maximum atomic E-state index is 13.8. The van der Waals surface area contributed by atoms with E-state index in [4.69, 9.17) is 14.5 Å². The van der Waals surface area contributed by atoms with Gasteiger partial charge in [-0.1, -0.05) is 30.6 Å². The van der Waals surface area contributed by atoms with E-state index in [2.05, 4.69) is 0 Å². The van der Waals surface area contributed by atoms with Crippen molar-refractivity contribution in [1.82, 2.24) is 9.29 Å². The number of hydrogen-bond acceptors (Lipinski definition) is 7. The summed E-state index contributed by atoms with van der Waals surface area (Å²) in [4.78, 5) is 20.4. The van der Waals surface area contributed by atoms with Crippen LogP contribution in [-0.2, 0) is 14.8 Å². The van der Waals surface area contributed by atoms with E-state index in [9.17, 15) is 13.2 Å². The Labute approximate surface area is 228 Å². The smallest absolute Gasteiger partial charge is 0.260 e. The average molecular weight is 558 g/mol. The second-order valence-electron chi connectivity index (χ2n) is 9.95. The fourth-order valence-electron chi connectivity index (χ4n) is 5.24. The third-order valence-corrected chi connectivity index (χ3v) is 10.4. The first-order valence-electron chi connectivity index (χ1n) is 13.4. The molecule has 1 aliphatic carbocycles. The Morgan fingerprint density at radius 1 is 1.08 bits per heavy atom. The number of ether oxygens (including phenoxy) is 2. The SMILES string of the molecule is CCOc1ccc2nc(N(CC3CCCO3)C(=O)c3ccc(S(=O)(=O)N(C)C4CCCCC4)cc3)sc2c1. The molecule has 2 aliphatic rings. The molecular formula is C28H35N3O5S2. The van der Waals surface area contributed by atoms with Crippen LogP contribution < -0.4 is 9.64 Å². The normalized spacial score (nSPS) is 18.8. The van der Waals surface area contributed by atoms with E-state index in [0.29, 0.717) is 30.5 Å². The van der Waals surface area contributed by atoms with Gasteiger partial charge in [-0.3, -0.25) is 9.69 Å². The van der Waals surface area contributed by atoms with Crippen LogP contribution in [-0.4, -0.2) is 62.6 Å². The van der Waals surface area contributed by atoms with Crippen LogP contribution in [0.1, 0.15) is 62.2 Å². The zero-order chi connectivity index (χ0) is 26.7. The molecule has 1 unspecified atom stereocenters. The molecule has 2 heterocycles. The van der Waals surface area contributed by atoms with Crippen molar-refractivity contribution in [3.63, 3.8) is 0 Å². The van der Waals surface area contributed by atoms with Gasteiger partial charge in [-0.25, -0.2) is 13.4 Å². The van der Waals surface area contributed by atoms with Crippen molar-refractivity contribution in [3.8, 4) is 5.75 Å². The van der Waals surface area contributed by atoms with E-state index < -0.39 is 10.0 Å². The van der Waals surface area contributed by atoms with Gasteiger partial charge < -0.3 is 9.47 Å². The van der Waals surface area contributed by atoms with Gasteiger partial charge >= 0.3 is 0 Å². The standard InChI is InChI=1S/C28H35N3O5S2/c1-3-35-22-13-16-25-26(18-22)37-28(29-25)31(19-23-10-7-17-36-23)27(32)20-11-14-24(15-12-20)38(33,34)30(2)21-8-5-4-6-9-21/h11-16,18,21,23H,3-10,17,19H2,1-2H3. The van der Waals surface area contributed by atoms with Crippen LogP contribution in [0.25, 0.3) is 10.2 Å². The molecule has 1 aliphatic heterocycles. The van der Waals surface area contributed by atoms with E-state index >= 15 is 0 Å². The fraction of sp³-hybridized carbons (Fsp3) is 0.500. The number of sulfonamides is 1. The highest BCUT2D eigenvalue weighted by Crippen LogP contribution is 2.33. The lowest BCUT2D eigenvalue weighted by molar-refractivity contribution is 0.0917. The third-order valence-electron chi connectivity index (χ3n) is 7.41. The minimum Gasteiger partial charge on any atom is -0.494 e. The predicted molar refractivity (Wildman–Crippen MR) is 150 cm³/mol. The minimum absolute atomic E-state index is 0.0271. The second kappa shape index (κ2) is 11.7. The fourth-order valence-corrected chi connectivity index (χ4v) is 7.65. The van der Waals surface area contributed by atoms with Gasteiger partial charge in [-0.2, -0.15) is 4.31 Å². The van der Waals surface area contributed by atoms with Gasteiger partial charge in [0.25, 0.3) is 5.91 Å². The van der Waals surface area contributed by atoms with Gasteiger partial charge in [-0.15, -0.1) is 0 Å². The molecule has 0 bridgehead atoms. The number of thiazole rings is 1. The summed E-state index contributed by atoms with van der Waals surface area (Å²) in [5, 5.41) is 0.586. The molecule has 1 saturated carbocycles. The molecule has 0 radical (unpaired) electrons. The summed E-state index contributed by atoms with van der Waals surface area (Å²) >= 11 is 1.43. The quantitative estimate of drug-likeness (QED) is 0.346. The Morgan fingerprint density at radius 2 is 1.84 bits per heavy atom. The number of anilines is 1. The summed E-state index contributed by atoms with van der Waals surface area (Å²) in [6.45, 7) is 3.59. The summed E-state index contributed by atoms with van der Waals surface area (Å²) < 4.78 is 40.4. The Bertz CT molecular complexity index is 1360. The molecule has 0 N–H and O–H groups in total. The summed E-state index contributed by atoms with van der Waals surface area (Å²) in [6.07, 6.45) is 6.82. The number of carbonyl (C=O) groups is 1. The highest BCUT2D eigenvalue weighted by Gasteiger charge is 2.30. The number of benzene rings is 2. The van der Waals surface area contributed by atoms with Gasteiger partial charge in [0, 0.05) is 25.3 Å². The zero-order valence-electron chi connectivity index (χ0n) is 22.0. The zero-order valence-corrected chi connectivity index (χ0v) is 23.6. The maximum absolute atomic E-state index is 13.8. The summed E-state index contributed by atoms with van der Waals surface area (Å²) in [7, 11) is -1.97. The van der Waals surface area contributed by atoms with Crippen LogP contribution in [0.15, 0.2) is 47.4 Å². The third kappa shape index (κ3) is 5.73. The van der Waals surface area contributed by atoms with Crippen LogP contribution >= 0.6 is 11.3 Å². The highest BCUT2D eigenvalue weighted by molar-refractivity contribution is 7.89. The Kier molecular flexibility index (Phi) is 8.32. The van der Waals surface area contributed by atoms with Crippen molar-refractivity contribution in [2.75, 3.05) is 31.7 Å². The lowest BCUT2D eigenvalue weighted by atomic mass is 9.96. The molecule has 1 amide bonds. The number of aromatic nitrogens is 1. The molecule has 5 rings (SSSR count). The molecule has 3 aromatic rings. The second-order valence-corrected chi connectivity index (χ2v) is 13.0. The first-order valence-corrected chi connectivity index (χ1v) is 15.7.